The Morgan fingerprint density at radius 1 is 1.40 bits per heavy atom. The van der Waals surface area contributed by atoms with Gasteiger partial charge in [-0.2, -0.15) is 0 Å². The molecular weight excluding hydrogens is 386 g/mol. The molecule has 1 atom stereocenters. The Kier molecular flexibility index (Phi) is 5.70. The fourth-order valence-corrected chi connectivity index (χ4v) is 4.98. The fraction of sp³-hybridized carbons (Fsp3) is 0.400. The van der Waals surface area contributed by atoms with Crippen molar-refractivity contribution in [2.75, 3.05) is 4.72 Å². The molecule has 2 N–H and O–H groups in total. The van der Waals surface area contributed by atoms with Crippen molar-refractivity contribution < 1.29 is 18.3 Å². The largest absolute Gasteiger partial charge is 0.481 e. The Balaban J connectivity index is 2.35. The third-order valence-electron chi connectivity index (χ3n) is 3.85. The lowest BCUT2D eigenvalue weighted by Gasteiger charge is -2.20. The second-order valence-electron chi connectivity index (χ2n) is 5.77. The molecule has 0 aliphatic rings. The van der Waals surface area contributed by atoms with E-state index in [4.69, 9.17) is 11.6 Å². The number of nitrogens with one attached hydrogen (secondary N) is 1. The van der Waals surface area contributed by atoms with Crippen LogP contribution in [0.4, 0.5) is 5.13 Å². The maximum absolute atomic E-state index is 12.5. The van der Waals surface area contributed by atoms with Gasteiger partial charge in [-0.1, -0.05) is 42.3 Å². The van der Waals surface area contributed by atoms with Crippen LogP contribution < -0.4 is 4.72 Å². The first-order valence-electron chi connectivity index (χ1n) is 7.47. The maximum Gasteiger partial charge on any atom is 0.316 e. The summed E-state index contributed by atoms with van der Waals surface area (Å²) in [6.07, 6.45) is 1.02. The molecule has 0 aliphatic carbocycles. The van der Waals surface area contributed by atoms with Crippen LogP contribution in [0, 0.1) is 6.92 Å². The Hall–Kier alpha value is -1.71. The van der Waals surface area contributed by atoms with Crippen molar-refractivity contribution in [1.82, 2.24) is 10.2 Å². The second-order valence-corrected chi connectivity index (χ2v) is 8.80. The molecule has 0 saturated carbocycles. The first-order valence-corrected chi connectivity index (χ1v) is 10.1. The highest BCUT2D eigenvalue weighted by Crippen LogP contribution is 2.34. The van der Waals surface area contributed by atoms with Crippen LogP contribution in [0.1, 0.15) is 37.3 Å². The third-order valence-corrected chi connectivity index (χ3v) is 6.97. The SMILES string of the molecule is CCCC(C)(C(=O)O)c1nnc(NS(=O)(=O)c2cccc(Cl)c2C)s1. The van der Waals surface area contributed by atoms with E-state index >= 15 is 0 Å². The summed E-state index contributed by atoms with van der Waals surface area (Å²) in [5.74, 6) is -1.02. The molecule has 0 radical (unpaired) electrons. The number of anilines is 1. The summed E-state index contributed by atoms with van der Waals surface area (Å²) in [7, 11) is -3.91. The third kappa shape index (κ3) is 3.94. The molecule has 0 fully saturated rings. The lowest BCUT2D eigenvalue weighted by Crippen LogP contribution is -2.32. The monoisotopic (exact) mass is 403 g/mol. The number of halogens is 1. The van der Waals surface area contributed by atoms with Gasteiger partial charge in [0.25, 0.3) is 10.0 Å². The van der Waals surface area contributed by atoms with Crippen LogP contribution in [0.25, 0.3) is 0 Å². The topological polar surface area (TPSA) is 109 Å². The second kappa shape index (κ2) is 7.27. The minimum absolute atomic E-state index is 0.0120. The molecule has 0 amide bonds. The molecule has 136 valence electrons. The van der Waals surface area contributed by atoms with E-state index in [0.29, 0.717) is 23.4 Å². The number of rotatable bonds is 7. The highest BCUT2D eigenvalue weighted by Gasteiger charge is 2.38. The molecule has 1 unspecified atom stereocenters. The lowest BCUT2D eigenvalue weighted by molar-refractivity contribution is -0.143. The Bertz CT molecular complexity index is 898. The summed E-state index contributed by atoms with van der Waals surface area (Å²) < 4.78 is 27.4. The highest BCUT2D eigenvalue weighted by atomic mass is 35.5. The summed E-state index contributed by atoms with van der Waals surface area (Å²) in [5.41, 5.74) is -0.787. The summed E-state index contributed by atoms with van der Waals surface area (Å²) in [5, 5.41) is 17.8. The standard InChI is InChI=1S/C15H18ClN3O4S2/c1-4-8-15(3,13(20)21)12-17-18-14(24-12)19-25(22,23)11-7-5-6-10(16)9(11)2/h5-7H,4,8H2,1-3H3,(H,18,19)(H,20,21). The number of aromatic nitrogens is 2. The number of carboxylic acids is 1. The molecule has 2 aromatic rings. The molecule has 7 nitrogen and oxygen atoms in total. The van der Waals surface area contributed by atoms with Crippen LogP contribution in [0.3, 0.4) is 0 Å². The van der Waals surface area contributed by atoms with Gasteiger partial charge < -0.3 is 5.11 Å². The highest BCUT2D eigenvalue weighted by molar-refractivity contribution is 7.93. The first kappa shape index (κ1) is 19.6. The predicted molar refractivity (Wildman–Crippen MR) is 96.8 cm³/mol. The van der Waals surface area contributed by atoms with E-state index in [0.717, 1.165) is 11.3 Å². The zero-order valence-electron chi connectivity index (χ0n) is 13.9. The molecule has 0 aliphatic heterocycles. The van der Waals surface area contributed by atoms with Crippen LogP contribution >= 0.6 is 22.9 Å². The van der Waals surface area contributed by atoms with Crippen molar-refractivity contribution >= 4 is 44.1 Å². The van der Waals surface area contributed by atoms with Gasteiger partial charge in [-0.25, -0.2) is 8.42 Å². The van der Waals surface area contributed by atoms with E-state index in [-0.39, 0.29) is 15.0 Å². The molecule has 10 heteroatoms. The normalized spacial score (nSPS) is 14.1. The molecule has 1 heterocycles. The molecule has 1 aromatic heterocycles. The number of aliphatic carboxylic acids is 1. The zero-order chi connectivity index (χ0) is 18.8. The average Bonchev–Trinajstić information content (AvgIpc) is 2.98. The predicted octanol–water partition coefficient (Wildman–Crippen LogP) is 3.44. The minimum Gasteiger partial charge on any atom is -0.481 e. The Morgan fingerprint density at radius 3 is 2.68 bits per heavy atom. The van der Waals surface area contributed by atoms with Crippen molar-refractivity contribution in [1.29, 1.82) is 0 Å². The molecule has 0 bridgehead atoms. The van der Waals surface area contributed by atoms with Crippen LogP contribution in [0.5, 0.6) is 0 Å². The number of nitrogens with zero attached hydrogens (tertiary/aromatic N) is 2. The number of sulfonamides is 1. The van der Waals surface area contributed by atoms with Crippen molar-refractivity contribution in [2.24, 2.45) is 0 Å². The van der Waals surface area contributed by atoms with E-state index in [2.05, 4.69) is 14.9 Å². The average molecular weight is 404 g/mol. The van der Waals surface area contributed by atoms with Crippen molar-refractivity contribution in [3.63, 3.8) is 0 Å². The van der Waals surface area contributed by atoms with E-state index < -0.39 is 21.4 Å². The van der Waals surface area contributed by atoms with Gasteiger partial charge in [0, 0.05) is 5.02 Å². The summed E-state index contributed by atoms with van der Waals surface area (Å²) in [6, 6.07) is 4.57. The molecule has 2 rings (SSSR count). The Labute approximate surface area is 155 Å². The summed E-state index contributed by atoms with van der Waals surface area (Å²) >= 11 is 6.89. The van der Waals surface area contributed by atoms with Crippen molar-refractivity contribution in [3.8, 4) is 0 Å². The summed E-state index contributed by atoms with van der Waals surface area (Å²) in [4.78, 5) is 11.6. The Morgan fingerprint density at radius 2 is 2.08 bits per heavy atom. The van der Waals surface area contributed by atoms with Gasteiger partial charge in [0.1, 0.15) is 10.4 Å². The van der Waals surface area contributed by atoms with Crippen LogP contribution in [0.15, 0.2) is 23.1 Å². The van der Waals surface area contributed by atoms with E-state index in [9.17, 15) is 18.3 Å². The molecule has 0 saturated heterocycles. The minimum atomic E-state index is -3.91. The smallest absolute Gasteiger partial charge is 0.316 e. The van der Waals surface area contributed by atoms with Gasteiger partial charge in [-0.05, 0) is 38.0 Å². The van der Waals surface area contributed by atoms with Gasteiger partial charge in [-0.3, -0.25) is 9.52 Å². The lowest BCUT2D eigenvalue weighted by atomic mass is 9.86. The van der Waals surface area contributed by atoms with Crippen LogP contribution in [0.2, 0.25) is 5.02 Å². The van der Waals surface area contributed by atoms with E-state index in [1.807, 2.05) is 6.92 Å². The zero-order valence-corrected chi connectivity index (χ0v) is 16.3. The van der Waals surface area contributed by atoms with Crippen molar-refractivity contribution in [3.05, 3.63) is 33.8 Å². The van der Waals surface area contributed by atoms with E-state index in [1.54, 1.807) is 19.9 Å². The van der Waals surface area contributed by atoms with Gasteiger partial charge in [0.05, 0.1) is 4.90 Å². The number of hydrogen-bond acceptors (Lipinski definition) is 6. The number of hydrogen-bond donors (Lipinski definition) is 2. The maximum atomic E-state index is 12.5. The van der Waals surface area contributed by atoms with Gasteiger partial charge in [0.2, 0.25) is 5.13 Å². The summed E-state index contributed by atoms with van der Waals surface area (Å²) in [6.45, 7) is 5.03. The quantitative estimate of drug-likeness (QED) is 0.732. The number of benzene rings is 1. The van der Waals surface area contributed by atoms with E-state index in [1.165, 1.54) is 12.1 Å². The van der Waals surface area contributed by atoms with Gasteiger partial charge >= 0.3 is 5.97 Å². The molecule has 25 heavy (non-hydrogen) atoms. The number of carbonyl (C=O) groups is 1. The molecule has 0 spiro atoms. The molecule has 1 aromatic carbocycles. The first-order chi connectivity index (χ1) is 11.6. The van der Waals surface area contributed by atoms with Crippen LogP contribution in [-0.2, 0) is 20.2 Å². The van der Waals surface area contributed by atoms with Crippen molar-refractivity contribution in [2.45, 2.75) is 43.9 Å². The number of carboxylic acid groups (broad SMARTS) is 1. The fourth-order valence-electron chi connectivity index (χ4n) is 2.34. The van der Waals surface area contributed by atoms with Crippen LogP contribution in [-0.4, -0.2) is 29.7 Å². The molecular formula is C15H18ClN3O4S2. The van der Waals surface area contributed by atoms with Gasteiger partial charge in [-0.15, -0.1) is 10.2 Å². The van der Waals surface area contributed by atoms with Gasteiger partial charge in [0.15, 0.2) is 0 Å².